The Kier molecular flexibility index (Phi) is 3.46. The first kappa shape index (κ1) is 12.4. The molecule has 0 spiro atoms. The predicted molar refractivity (Wildman–Crippen MR) is 71.4 cm³/mol. The van der Waals surface area contributed by atoms with Crippen LogP contribution in [0, 0.1) is 0 Å². The van der Waals surface area contributed by atoms with Gasteiger partial charge in [0.2, 0.25) is 5.90 Å². The fourth-order valence-corrected chi connectivity index (χ4v) is 1.79. The molecule has 0 radical (unpaired) electrons. The minimum atomic E-state index is -0.135. The predicted octanol–water partition coefficient (Wildman–Crippen LogP) is 2.72. The van der Waals surface area contributed by atoms with Crippen LogP contribution in [0.3, 0.4) is 0 Å². The average Bonchev–Trinajstić information content (AvgIpc) is 2.68. The third kappa shape index (κ3) is 2.14. The zero-order chi connectivity index (χ0) is 13.1. The molecule has 18 heavy (non-hydrogen) atoms. The molecule has 94 valence electrons. The minimum absolute atomic E-state index is 0.135. The molecule has 0 aliphatic carbocycles. The number of hydrogen-bond donors (Lipinski definition) is 0. The van der Waals surface area contributed by atoms with Crippen molar-refractivity contribution in [2.45, 2.75) is 20.8 Å². The van der Waals surface area contributed by atoms with Gasteiger partial charge in [0.25, 0.3) is 5.91 Å². The quantitative estimate of drug-likeness (QED) is 0.751. The summed E-state index contributed by atoms with van der Waals surface area (Å²) in [5.74, 6) is 0.274. The fourth-order valence-electron chi connectivity index (χ4n) is 1.79. The van der Waals surface area contributed by atoms with Crippen LogP contribution < -0.4 is 5.01 Å². The van der Waals surface area contributed by atoms with Crippen molar-refractivity contribution in [3.63, 3.8) is 0 Å². The van der Waals surface area contributed by atoms with Crippen LogP contribution in [0.4, 0.5) is 5.69 Å². The van der Waals surface area contributed by atoms with Gasteiger partial charge >= 0.3 is 0 Å². The van der Waals surface area contributed by atoms with Crippen molar-refractivity contribution in [2.75, 3.05) is 11.6 Å². The molecule has 4 heteroatoms. The van der Waals surface area contributed by atoms with E-state index in [9.17, 15) is 4.79 Å². The van der Waals surface area contributed by atoms with E-state index in [1.807, 2.05) is 51.1 Å². The highest BCUT2D eigenvalue weighted by Crippen LogP contribution is 2.25. The Morgan fingerprint density at radius 3 is 2.50 bits per heavy atom. The molecule has 0 saturated carbocycles. The van der Waals surface area contributed by atoms with E-state index >= 15 is 0 Å². The van der Waals surface area contributed by atoms with Crippen molar-refractivity contribution in [3.05, 3.63) is 41.5 Å². The van der Waals surface area contributed by atoms with E-state index in [0.717, 1.165) is 11.3 Å². The summed E-state index contributed by atoms with van der Waals surface area (Å²) in [7, 11) is 0. The molecule has 0 atom stereocenters. The van der Waals surface area contributed by atoms with Gasteiger partial charge in [0.05, 0.1) is 12.3 Å². The first-order valence-corrected chi connectivity index (χ1v) is 5.94. The van der Waals surface area contributed by atoms with Gasteiger partial charge < -0.3 is 4.74 Å². The van der Waals surface area contributed by atoms with E-state index in [-0.39, 0.29) is 5.91 Å². The lowest BCUT2D eigenvalue weighted by molar-refractivity contribution is -0.114. The number of benzene rings is 1. The minimum Gasteiger partial charge on any atom is -0.476 e. The molecular formula is C14H16N2O2. The summed E-state index contributed by atoms with van der Waals surface area (Å²) < 4.78 is 5.43. The van der Waals surface area contributed by atoms with Gasteiger partial charge in [-0.15, -0.1) is 5.10 Å². The number of para-hydroxylation sites is 1. The molecule has 2 rings (SSSR count). The molecule has 0 aromatic heterocycles. The molecule has 1 aromatic rings. The monoisotopic (exact) mass is 244 g/mol. The smallest absolute Gasteiger partial charge is 0.284 e. The zero-order valence-electron chi connectivity index (χ0n) is 10.8. The van der Waals surface area contributed by atoms with Gasteiger partial charge in [-0.1, -0.05) is 23.8 Å². The third-order valence-corrected chi connectivity index (χ3v) is 2.59. The van der Waals surface area contributed by atoms with E-state index in [1.54, 1.807) is 0 Å². The van der Waals surface area contributed by atoms with Crippen molar-refractivity contribution < 1.29 is 9.53 Å². The van der Waals surface area contributed by atoms with Crippen LogP contribution in [0.25, 0.3) is 0 Å². The van der Waals surface area contributed by atoms with Crippen molar-refractivity contribution in [1.29, 1.82) is 0 Å². The van der Waals surface area contributed by atoms with E-state index in [2.05, 4.69) is 5.10 Å². The van der Waals surface area contributed by atoms with Crippen molar-refractivity contribution in [2.24, 2.45) is 5.10 Å². The number of ether oxygens (including phenoxy) is 1. The van der Waals surface area contributed by atoms with Gasteiger partial charge in [0.15, 0.2) is 0 Å². The maximum Gasteiger partial charge on any atom is 0.284 e. The molecule has 1 aromatic carbocycles. The summed E-state index contributed by atoms with van der Waals surface area (Å²) in [6.45, 7) is 6.14. The Labute approximate surface area is 107 Å². The Hall–Kier alpha value is -2.10. The molecule has 1 aliphatic heterocycles. The number of carbonyl (C=O) groups is 1. The highest BCUT2D eigenvalue weighted by molar-refractivity contribution is 6.28. The van der Waals surface area contributed by atoms with Gasteiger partial charge in [-0.25, -0.2) is 0 Å². The number of anilines is 1. The third-order valence-electron chi connectivity index (χ3n) is 2.59. The molecule has 0 unspecified atom stereocenters. The lowest BCUT2D eigenvalue weighted by atomic mass is 10.1. The lowest BCUT2D eigenvalue weighted by Crippen LogP contribution is -2.22. The van der Waals surface area contributed by atoms with Gasteiger partial charge in [0, 0.05) is 0 Å². The number of hydrazone groups is 1. The van der Waals surface area contributed by atoms with Crippen LogP contribution >= 0.6 is 0 Å². The normalized spacial score (nSPS) is 14.8. The Morgan fingerprint density at radius 2 is 1.94 bits per heavy atom. The SMILES string of the molecule is CCOC1=NN(c2ccccc2)C(=O)C1=C(C)C. The van der Waals surface area contributed by atoms with E-state index < -0.39 is 0 Å². The Morgan fingerprint density at radius 1 is 1.28 bits per heavy atom. The number of amides is 1. The second-order valence-corrected chi connectivity index (χ2v) is 4.17. The summed E-state index contributed by atoms with van der Waals surface area (Å²) in [6, 6.07) is 9.34. The van der Waals surface area contributed by atoms with Crippen LogP contribution in [0.1, 0.15) is 20.8 Å². The van der Waals surface area contributed by atoms with Crippen molar-refractivity contribution in [1.82, 2.24) is 0 Å². The molecular weight excluding hydrogens is 228 g/mol. The molecule has 1 amide bonds. The van der Waals surface area contributed by atoms with Crippen LogP contribution in [-0.4, -0.2) is 18.4 Å². The number of nitrogens with zero attached hydrogens (tertiary/aromatic N) is 2. The standard InChI is InChI=1S/C14H16N2O2/c1-4-18-13-12(10(2)3)14(17)16(15-13)11-8-6-5-7-9-11/h5-9H,4H2,1-3H3. The largest absolute Gasteiger partial charge is 0.476 e. The molecule has 1 aliphatic rings. The molecule has 0 N–H and O–H groups in total. The van der Waals surface area contributed by atoms with Crippen LogP contribution in [-0.2, 0) is 9.53 Å². The molecule has 1 heterocycles. The summed E-state index contributed by atoms with van der Waals surface area (Å²) >= 11 is 0. The molecule has 0 saturated heterocycles. The number of hydrogen-bond acceptors (Lipinski definition) is 3. The van der Waals surface area contributed by atoms with Gasteiger partial charge in [0.1, 0.15) is 5.57 Å². The number of carbonyl (C=O) groups excluding carboxylic acids is 1. The zero-order valence-corrected chi connectivity index (χ0v) is 10.8. The second kappa shape index (κ2) is 5.04. The van der Waals surface area contributed by atoms with E-state index in [1.165, 1.54) is 5.01 Å². The fraction of sp³-hybridized carbons (Fsp3) is 0.286. The molecule has 4 nitrogen and oxygen atoms in total. The van der Waals surface area contributed by atoms with Crippen LogP contribution in [0.2, 0.25) is 0 Å². The summed E-state index contributed by atoms with van der Waals surface area (Å²) in [5.41, 5.74) is 2.21. The average molecular weight is 244 g/mol. The maximum absolute atomic E-state index is 12.3. The summed E-state index contributed by atoms with van der Waals surface area (Å²) in [5, 5.41) is 5.63. The topological polar surface area (TPSA) is 41.9 Å². The van der Waals surface area contributed by atoms with Crippen LogP contribution in [0.5, 0.6) is 0 Å². The van der Waals surface area contributed by atoms with Gasteiger partial charge in [-0.05, 0) is 32.9 Å². The van der Waals surface area contributed by atoms with Crippen molar-refractivity contribution in [3.8, 4) is 0 Å². The Balaban J connectivity index is 2.41. The van der Waals surface area contributed by atoms with E-state index in [0.29, 0.717) is 18.1 Å². The number of rotatable bonds is 2. The van der Waals surface area contributed by atoms with Gasteiger partial charge in [-0.3, -0.25) is 4.79 Å². The summed E-state index contributed by atoms with van der Waals surface area (Å²) in [4.78, 5) is 12.3. The first-order chi connectivity index (χ1) is 8.65. The first-order valence-electron chi connectivity index (χ1n) is 5.94. The van der Waals surface area contributed by atoms with Crippen LogP contribution in [0.15, 0.2) is 46.6 Å². The summed E-state index contributed by atoms with van der Waals surface area (Å²) in [6.07, 6.45) is 0. The highest BCUT2D eigenvalue weighted by atomic mass is 16.5. The maximum atomic E-state index is 12.3. The van der Waals surface area contributed by atoms with Gasteiger partial charge in [-0.2, -0.15) is 5.01 Å². The second-order valence-electron chi connectivity index (χ2n) is 4.17. The molecule has 0 fully saturated rings. The Bertz CT molecular complexity index is 514. The van der Waals surface area contributed by atoms with E-state index in [4.69, 9.17) is 4.74 Å². The molecule has 0 bridgehead atoms. The number of allylic oxidation sites excluding steroid dienone is 1. The highest BCUT2D eigenvalue weighted by Gasteiger charge is 2.33. The lowest BCUT2D eigenvalue weighted by Gasteiger charge is -2.10. The van der Waals surface area contributed by atoms with Crippen molar-refractivity contribution >= 4 is 17.5 Å².